The molecule has 0 aliphatic heterocycles. The first kappa shape index (κ1) is 18.7. The summed E-state index contributed by atoms with van der Waals surface area (Å²) < 4.78 is 4.99. The Morgan fingerprint density at radius 2 is 1.96 bits per heavy atom. The van der Waals surface area contributed by atoms with Gasteiger partial charge in [0.2, 0.25) is 11.7 Å². The van der Waals surface area contributed by atoms with Crippen molar-refractivity contribution in [2.24, 2.45) is 5.73 Å². The summed E-state index contributed by atoms with van der Waals surface area (Å²) in [4.78, 5) is 15.0. The van der Waals surface area contributed by atoms with Gasteiger partial charge < -0.3 is 26.4 Å². The number of nitrogen functional groups attached to an aromatic ring is 1. The molecule has 0 radical (unpaired) electrons. The zero-order valence-corrected chi connectivity index (χ0v) is 14.3. The SMILES string of the molecule is COc1cc(-c2c(C#N)c(N)nc(SCC(N)=O)c2C#N)cc(O)c1O. The van der Waals surface area contributed by atoms with Crippen molar-refractivity contribution in [3.63, 3.8) is 0 Å². The lowest BCUT2D eigenvalue weighted by atomic mass is 9.96. The molecule has 9 nitrogen and oxygen atoms in total. The lowest BCUT2D eigenvalue weighted by Crippen LogP contribution is -2.14. The van der Waals surface area contributed by atoms with Crippen molar-refractivity contribution in [1.29, 1.82) is 10.5 Å². The Kier molecular flexibility index (Phi) is 5.40. The molecular formula is C16H13N5O4S. The molecule has 10 heteroatoms. The largest absolute Gasteiger partial charge is 0.504 e. The van der Waals surface area contributed by atoms with Gasteiger partial charge in [0.1, 0.15) is 28.5 Å². The van der Waals surface area contributed by atoms with Crippen LogP contribution in [0.4, 0.5) is 5.82 Å². The highest BCUT2D eigenvalue weighted by Gasteiger charge is 2.23. The van der Waals surface area contributed by atoms with Crippen LogP contribution in [-0.2, 0) is 4.79 Å². The standard InChI is InChI=1S/C16H13N5O4S/c1-25-11-3-7(2-10(22)14(11)24)13-8(4-17)15(20)21-16(9(13)5-18)26-6-12(19)23/h2-3,22,24H,6H2,1H3,(H2,19,23)(H2,20,21). The molecule has 0 bridgehead atoms. The van der Waals surface area contributed by atoms with E-state index in [-0.39, 0.29) is 44.6 Å². The number of rotatable bonds is 5. The lowest BCUT2D eigenvalue weighted by Gasteiger charge is -2.14. The summed E-state index contributed by atoms with van der Waals surface area (Å²) in [5.41, 5.74) is 11.1. The Morgan fingerprint density at radius 1 is 1.31 bits per heavy atom. The third-order valence-corrected chi connectivity index (χ3v) is 4.33. The number of pyridine rings is 1. The maximum atomic E-state index is 11.0. The van der Waals surface area contributed by atoms with E-state index in [9.17, 15) is 25.5 Å². The monoisotopic (exact) mass is 371 g/mol. The van der Waals surface area contributed by atoms with Crippen molar-refractivity contribution in [3.8, 4) is 40.5 Å². The van der Waals surface area contributed by atoms with Crippen LogP contribution in [0.2, 0.25) is 0 Å². The van der Waals surface area contributed by atoms with Gasteiger partial charge in [-0.3, -0.25) is 4.79 Å². The Balaban J connectivity index is 2.82. The molecular weight excluding hydrogens is 358 g/mol. The summed E-state index contributed by atoms with van der Waals surface area (Å²) in [6, 6.07) is 6.31. The zero-order valence-electron chi connectivity index (χ0n) is 13.5. The number of thioether (sulfide) groups is 1. The van der Waals surface area contributed by atoms with Gasteiger partial charge in [-0.05, 0) is 17.7 Å². The molecule has 132 valence electrons. The van der Waals surface area contributed by atoms with Crippen LogP contribution in [0.15, 0.2) is 17.2 Å². The predicted molar refractivity (Wildman–Crippen MR) is 93.3 cm³/mol. The number of phenolic OH excluding ortho intramolecular Hbond substituents is 2. The molecule has 1 aromatic carbocycles. The molecule has 2 rings (SSSR count). The Morgan fingerprint density at radius 3 is 2.50 bits per heavy atom. The second kappa shape index (κ2) is 7.51. The van der Waals surface area contributed by atoms with Crippen molar-refractivity contribution in [2.45, 2.75) is 5.03 Å². The van der Waals surface area contributed by atoms with E-state index in [2.05, 4.69) is 4.98 Å². The fourth-order valence-corrected chi connectivity index (χ4v) is 2.96. The molecule has 26 heavy (non-hydrogen) atoms. The number of phenols is 2. The van der Waals surface area contributed by atoms with Gasteiger partial charge in [0.15, 0.2) is 11.5 Å². The maximum absolute atomic E-state index is 11.0. The number of methoxy groups -OCH3 is 1. The first-order valence-electron chi connectivity index (χ1n) is 6.99. The number of amides is 1. The van der Waals surface area contributed by atoms with Crippen LogP contribution in [0.1, 0.15) is 11.1 Å². The quantitative estimate of drug-likeness (QED) is 0.441. The summed E-state index contributed by atoms with van der Waals surface area (Å²) in [5, 5.41) is 38.8. The van der Waals surface area contributed by atoms with Crippen LogP contribution in [0.3, 0.4) is 0 Å². The number of benzene rings is 1. The molecule has 6 N–H and O–H groups in total. The van der Waals surface area contributed by atoms with E-state index in [0.717, 1.165) is 17.8 Å². The van der Waals surface area contributed by atoms with Gasteiger partial charge in [-0.25, -0.2) is 4.98 Å². The third-order valence-electron chi connectivity index (χ3n) is 3.33. The number of ether oxygens (including phenoxy) is 1. The number of aromatic hydroxyl groups is 2. The Labute approximate surface area is 152 Å². The maximum Gasteiger partial charge on any atom is 0.227 e. The molecule has 0 fully saturated rings. The molecule has 1 heterocycles. The first-order valence-corrected chi connectivity index (χ1v) is 7.97. The highest BCUT2D eigenvalue weighted by atomic mass is 32.2. The number of anilines is 1. The van der Waals surface area contributed by atoms with Gasteiger partial charge >= 0.3 is 0 Å². The molecule has 0 aliphatic rings. The Bertz CT molecular complexity index is 978. The van der Waals surface area contributed by atoms with Gasteiger partial charge in [-0.15, -0.1) is 0 Å². The zero-order chi connectivity index (χ0) is 19.4. The van der Waals surface area contributed by atoms with Gasteiger partial charge in [-0.1, -0.05) is 11.8 Å². The predicted octanol–water partition coefficient (Wildman–Crippen LogP) is 1.07. The lowest BCUT2D eigenvalue weighted by molar-refractivity contribution is -0.115. The van der Waals surface area contributed by atoms with Crippen molar-refractivity contribution in [1.82, 2.24) is 4.98 Å². The highest BCUT2D eigenvalue weighted by Crippen LogP contribution is 2.43. The number of primary amides is 1. The fourth-order valence-electron chi connectivity index (χ4n) is 2.22. The molecule has 0 saturated heterocycles. The molecule has 0 spiro atoms. The second-order valence-corrected chi connectivity index (χ2v) is 5.92. The van der Waals surface area contributed by atoms with Crippen LogP contribution >= 0.6 is 11.8 Å². The number of nitrogens with two attached hydrogens (primary N) is 2. The molecule has 0 unspecified atom stereocenters. The summed E-state index contributed by atoms with van der Waals surface area (Å²) >= 11 is 0.899. The van der Waals surface area contributed by atoms with E-state index in [4.69, 9.17) is 16.2 Å². The van der Waals surface area contributed by atoms with Crippen LogP contribution in [0, 0.1) is 22.7 Å². The minimum absolute atomic E-state index is 0.0193. The van der Waals surface area contributed by atoms with Crippen LogP contribution in [-0.4, -0.2) is 34.0 Å². The molecule has 0 aliphatic carbocycles. The van der Waals surface area contributed by atoms with Crippen LogP contribution in [0.5, 0.6) is 17.2 Å². The Hall–Kier alpha value is -3.63. The third kappa shape index (κ3) is 3.41. The number of hydrogen-bond donors (Lipinski definition) is 4. The van der Waals surface area contributed by atoms with Gasteiger partial charge in [0.05, 0.1) is 18.4 Å². The second-order valence-electron chi connectivity index (χ2n) is 4.95. The van der Waals surface area contributed by atoms with Crippen molar-refractivity contribution in [3.05, 3.63) is 23.3 Å². The topological polar surface area (TPSA) is 179 Å². The normalized spacial score (nSPS) is 9.96. The first-order chi connectivity index (χ1) is 12.3. The molecule has 1 amide bonds. The summed E-state index contributed by atoms with van der Waals surface area (Å²) in [5.74, 6) is -1.97. The van der Waals surface area contributed by atoms with Crippen molar-refractivity contribution < 1.29 is 19.7 Å². The van der Waals surface area contributed by atoms with E-state index in [1.165, 1.54) is 13.2 Å². The number of nitrogens with zero attached hydrogens (tertiary/aromatic N) is 3. The fraction of sp³-hybridized carbons (Fsp3) is 0.125. The number of nitriles is 2. The molecule has 2 aromatic rings. The van der Waals surface area contributed by atoms with E-state index in [0.29, 0.717) is 0 Å². The van der Waals surface area contributed by atoms with E-state index >= 15 is 0 Å². The minimum Gasteiger partial charge on any atom is -0.504 e. The molecule has 1 aromatic heterocycles. The van der Waals surface area contributed by atoms with Crippen molar-refractivity contribution in [2.75, 3.05) is 18.6 Å². The summed E-state index contributed by atoms with van der Waals surface area (Å²) in [6.45, 7) is 0. The van der Waals surface area contributed by atoms with Crippen molar-refractivity contribution >= 4 is 23.5 Å². The highest BCUT2D eigenvalue weighted by molar-refractivity contribution is 8.00. The average molecular weight is 371 g/mol. The number of carbonyl (C=O) groups is 1. The average Bonchev–Trinajstić information content (AvgIpc) is 2.61. The van der Waals surface area contributed by atoms with Gasteiger partial charge in [-0.2, -0.15) is 10.5 Å². The molecule has 0 saturated carbocycles. The number of carbonyl (C=O) groups excluding carboxylic acids is 1. The minimum atomic E-state index is -0.617. The summed E-state index contributed by atoms with van der Waals surface area (Å²) in [7, 11) is 1.28. The van der Waals surface area contributed by atoms with Crippen LogP contribution < -0.4 is 16.2 Å². The van der Waals surface area contributed by atoms with Crippen LogP contribution in [0.25, 0.3) is 11.1 Å². The smallest absolute Gasteiger partial charge is 0.227 e. The van der Waals surface area contributed by atoms with Gasteiger partial charge in [0.25, 0.3) is 0 Å². The number of aromatic nitrogens is 1. The van der Waals surface area contributed by atoms with E-state index in [1.807, 2.05) is 12.1 Å². The number of hydrogen-bond acceptors (Lipinski definition) is 9. The molecule has 0 atom stereocenters. The van der Waals surface area contributed by atoms with Gasteiger partial charge in [0, 0.05) is 5.56 Å². The summed E-state index contributed by atoms with van der Waals surface area (Å²) in [6.07, 6.45) is 0. The van der Waals surface area contributed by atoms with E-state index < -0.39 is 17.4 Å². The van der Waals surface area contributed by atoms with E-state index in [1.54, 1.807) is 0 Å².